The summed E-state index contributed by atoms with van der Waals surface area (Å²) in [5.74, 6) is 0.570. The quantitative estimate of drug-likeness (QED) is 0.711. The Morgan fingerprint density at radius 3 is 2.59 bits per heavy atom. The summed E-state index contributed by atoms with van der Waals surface area (Å²) in [4.78, 5) is 13.7. The van der Waals surface area contributed by atoms with Crippen LogP contribution in [0, 0.1) is 12.7 Å². The molecule has 0 spiro atoms. The Labute approximate surface area is 158 Å². The minimum Gasteiger partial charge on any atom is -0.352 e. The number of anilines is 1. The van der Waals surface area contributed by atoms with Crippen molar-refractivity contribution in [3.05, 3.63) is 59.9 Å². The van der Waals surface area contributed by atoms with Crippen LogP contribution in [0.25, 0.3) is 11.3 Å². The minimum atomic E-state index is -0.256. The highest BCUT2D eigenvalue weighted by Crippen LogP contribution is 2.30. The number of hydrogen-bond acceptors (Lipinski definition) is 5. The van der Waals surface area contributed by atoms with E-state index in [-0.39, 0.29) is 5.82 Å². The Bertz CT molecular complexity index is 930. The van der Waals surface area contributed by atoms with Crippen LogP contribution in [0.5, 0.6) is 0 Å². The van der Waals surface area contributed by atoms with Crippen molar-refractivity contribution in [2.45, 2.75) is 13.5 Å². The number of nitrogens with zero attached hydrogens (tertiary/aromatic N) is 6. The third kappa shape index (κ3) is 3.83. The van der Waals surface area contributed by atoms with Crippen molar-refractivity contribution in [2.75, 3.05) is 31.1 Å². The number of halogens is 1. The summed E-state index contributed by atoms with van der Waals surface area (Å²) in [5, 5.41) is 4.24. The largest absolute Gasteiger partial charge is 0.352 e. The molecule has 2 aromatic heterocycles. The van der Waals surface area contributed by atoms with Gasteiger partial charge in [0, 0.05) is 69.5 Å². The van der Waals surface area contributed by atoms with Gasteiger partial charge in [0.05, 0.1) is 6.20 Å². The Balaban J connectivity index is 1.51. The van der Waals surface area contributed by atoms with Gasteiger partial charge in [0.15, 0.2) is 5.82 Å². The lowest BCUT2D eigenvalue weighted by atomic mass is 10.0. The molecule has 0 amide bonds. The van der Waals surface area contributed by atoms with E-state index in [2.05, 4.69) is 31.1 Å². The molecule has 1 aromatic carbocycles. The third-order valence-corrected chi connectivity index (χ3v) is 4.97. The molecule has 140 valence electrons. The Morgan fingerprint density at radius 2 is 1.85 bits per heavy atom. The second-order valence-corrected chi connectivity index (χ2v) is 6.97. The fourth-order valence-corrected chi connectivity index (χ4v) is 3.53. The summed E-state index contributed by atoms with van der Waals surface area (Å²) >= 11 is 0. The monoisotopic (exact) mass is 366 g/mol. The Kier molecular flexibility index (Phi) is 4.85. The average molecular weight is 366 g/mol. The maximum Gasteiger partial charge on any atom is 0.155 e. The van der Waals surface area contributed by atoms with E-state index in [0.29, 0.717) is 0 Å². The summed E-state index contributed by atoms with van der Waals surface area (Å²) in [6.07, 6.45) is 7.34. The van der Waals surface area contributed by atoms with Gasteiger partial charge >= 0.3 is 0 Å². The van der Waals surface area contributed by atoms with E-state index in [1.165, 1.54) is 11.6 Å². The summed E-state index contributed by atoms with van der Waals surface area (Å²) in [6, 6.07) is 4.81. The van der Waals surface area contributed by atoms with E-state index in [1.807, 2.05) is 24.9 Å². The number of aryl methyl sites for hydroxylation is 2. The van der Waals surface area contributed by atoms with E-state index in [9.17, 15) is 4.39 Å². The van der Waals surface area contributed by atoms with Gasteiger partial charge in [-0.1, -0.05) is 6.07 Å². The summed E-state index contributed by atoms with van der Waals surface area (Å²) in [6.45, 7) is 6.47. The van der Waals surface area contributed by atoms with Crippen LogP contribution in [-0.2, 0) is 13.6 Å². The molecule has 3 aromatic rings. The van der Waals surface area contributed by atoms with Crippen LogP contribution in [0.1, 0.15) is 11.1 Å². The normalized spacial score (nSPS) is 15.3. The van der Waals surface area contributed by atoms with Crippen LogP contribution < -0.4 is 4.90 Å². The summed E-state index contributed by atoms with van der Waals surface area (Å²) in [7, 11) is 1.94. The standard InChI is InChI=1S/C20H23FN6/c1-15-3-4-17(21)11-18(15)19-20(23-6-5-22-19)27-9-7-26(8-10-27)14-16-12-24-25(2)13-16/h3-6,11-13H,7-10,14H2,1-2H3. The van der Waals surface area contributed by atoms with E-state index in [4.69, 9.17) is 0 Å². The lowest BCUT2D eigenvalue weighted by Crippen LogP contribution is -2.46. The topological polar surface area (TPSA) is 50.1 Å². The highest BCUT2D eigenvalue weighted by Gasteiger charge is 2.22. The van der Waals surface area contributed by atoms with Gasteiger partial charge in [0.2, 0.25) is 0 Å². The number of aromatic nitrogens is 4. The van der Waals surface area contributed by atoms with Crippen molar-refractivity contribution in [3.8, 4) is 11.3 Å². The van der Waals surface area contributed by atoms with Crippen LogP contribution in [-0.4, -0.2) is 50.8 Å². The molecular formula is C20H23FN6. The second-order valence-electron chi connectivity index (χ2n) is 6.97. The van der Waals surface area contributed by atoms with Crippen LogP contribution in [0.4, 0.5) is 10.2 Å². The summed E-state index contributed by atoms with van der Waals surface area (Å²) in [5.41, 5.74) is 3.76. The molecule has 0 saturated carbocycles. The average Bonchev–Trinajstić information content (AvgIpc) is 3.09. The molecule has 1 aliphatic heterocycles. The molecule has 6 nitrogen and oxygen atoms in total. The number of rotatable bonds is 4. The molecule has 4 rings (SSSR count). The van der Waals surface area contributed by atoms with Crippen LogP contribution >= 0.6 is 0 Å². The predicted molar refractivity (Wildman–Crippen MR) is 103 cm³/mol. The molecule has 1 fully saturated rings. The molecule has 1 saturated heterocycles. The van der Waals surface area contributed by atoms with Gasteiger partial charge in [-0.25, -0.2) is 9.37 Å². The van der Waals surface area contributed by atoms with Gasteiger partial charge in [-0.05, 0) is 24.6 Å². The smallest absolute Gasteiger partial charge is 0.155 e. The number of hydrogen-bond donors (Lipinski definition) is 0. The van der Waals surface area contributed by atoms with Crippen molar-refractivity contribution in [2.24, 2.45) is 7.05 Å². The highest BCUT2D eigenvalue weighted by molar-refractivity contribution is 5.74. The first-order valence-electron chi connectivity index (χ1n) is 9.12. The molecule has 0 bridgehead atoms. The van der Waals surface area contributed by atoms with Gasteiger partial charge in [-0.2, -0.15) is 5.10 Å². The van der Waals surface area contributed by atoms with Gasteiger partial charge in [0.25, 0.3) is 0 Å². The third-order valence-electron chi connectivity index (χ3n) is 4.97. The molecular weight excluding hydrogens is 343 g/mol. The zero-order valence-corrected chi connectivity index (χ0v) is 15.6. The van der Waals surface area contributed by atoms with Crippen molar-refractivity contribution in [1.82, 2.24) is 24.6 Å². The molecule has 0 N–H and O–H groups in total. The van der Waals surface area contributed by atoms with E-state index >= 15 is 0 Å². The SMILES string of the molecule is Cc1ccc(F)cc1-c1nccnc1N1CCN(Cc2cnn(C)c2)CC1. The van der Waals surface area contributed by atoms with E-state index < -0.39 is 0 Å². The molecule has 0 radical (unpaired) electrons. The maximum atomic E-state index is 13.8. The van der Waals surface area contributed by atoms with Crippen molar-refractivity contribution in [3.63, 3.8) is 0 Å². The van der Waals surface area contributed by atoms with E-state index in [0.717, 1.165) is 55.4 Å². The molecule has 0 atom stereocenters. The van der Waals surface area contributed by atoms with Gasteiger partial charge in [-0.3, -0.25) is 14.6 Å². The molecule has 3 heterocycles. The van der Waals surface area contributed by atoms with Crippen molar-refractivity contribution >= 4 is 5.82 Å². The zero-order valence-electron chi connectivity index (χ0n) is 15.6. The molecule has 7 heteroatoms. The van der Waals surface area contributed by atoms with Gasteiger partial charge in [-0.15, -0.1) is 0 Å². The fraction of sp³-hybridized carbons (Fsp3) is 0.350. The highest BCUT2D eigenvalue weighted by atomic mass is 19.1. The summed E-state index contributed by atoms with van der Waals surface area (Å²) < 4.78 is 15.6. The Hall–Kier alpha value is -2.80. The predicted octanol–water partition coefficient (Wildman–Crippen LogP) is 2.65. The number of benzene rings is 1. The molecule has 0 unspecified atom stereocenters. The molecule has 27 heavy (non-hydrogen) atoms. The van der Waals surface area contributed by atoms with Crippen LogP contribution in [0.2, 0.25) is 0 Å². The first kappa shape index (κ1) is 17.6. The van der Waals surface area contributed by atoms with Crippen molar-refractivity contribution < 1.29 is 4.39 Å². The fourth-order valence-electron chi connectivity index (χ4n) is 3.53. The molecule has 1 aliphatic rings. The van der Waals surface area contributed by atoms with Crippen LogP contribution in [0.15, 0.2) is 43.0 Å². The maximum absolute atomic E-state index is 13.8. The van der Waals surface area contributed by atoms with Crippen molar-refractivity contribution in [1.29, 1.82) is 0 Å². The number of piperazine rings is 1. The Morgan fingerprint density at radius 1 is 1.07 bits per heavy atom. The van der Waals surface area contributed by atoms with Crippen LogP contribution in [0.3, 0.4) is 0 Å². The van der Waals surface area contributed by atoms with Gasteiger partial charge < -0.3 is 4.90 Å². The zero-order chi connectivity index (χ0) is 18.8. The first-order chi connectivity index (χ1) is 13.1. The second kappa shape index (κ2) is 7.44. The van der Waals surface area contributed by atoms with Gasteiger partial charge in [0.1, 0.15) is 11.5 Å². The van der Waals surface area contributed by atoms with E-state index in [1.54, 1.807) is 24.5 Å². The molecule has 0 aliphatic carbocycles. The first-order valence-corrected chi connectivity index (χ1v) is 9.12. The lowest BCUT2D eigenvalue weighted by molar-refractivity contribution is 0.249. The lowest BCUT2D eigenvalue weighted by Gasteiger charge is -2.35. The minimum absolute atomic E-state index is 0.256.